The third kappa shape index (κ3) is 44.7. The van der Waals surface area contributed by atoms with E-state index >= 15 is 0 Å². The highest BCUT2D eigenvalue weighted by molar-refractivity contribution is 7.47. The SMILES string of the molecule is CC/C=C/C/C=C/C/C=C/C/C=C/C/C=C/C/C=C/CCC(=O)OC[C@H](COP(=O)(O)OCC[N+](C)(C)C)OC(=O)CCCCCCCCCCC/C=C/CCCCCC. The summed E-state index contributed by atoms with van der Waals surface area (Å²) in [6.45, 7) is 4.20. The van der Waals surface area contributed by atoms with Crippen LogP contribution in [0.15, 0.2) is 85.1 Å². The van der Waals surface area contributed by atoms with Gasteiger partial charge in [-0.3, -0.25) is 18.6 Å². The molecule has 0 fully saturated rings. The van der Waals surface area contributed by atoms with Crippen molar-refractivity contribution in [3.63, 3.8) is 0 Å². The van der Waals surface area contributed by atoms with Crippen LogP contribution in [0.4, 0.5) is 0 Å². The Kier molecular flexibility index (Phi) is 39.6. The molecule has 0 aliphatic heterocycles. The number of phosphoric ester groups is 1. The lowest BCUT2D eigenvalue weighted by Crippen LogP contribution is -2.37. The fourth-order valence-corrected chi connectivity index (χ4v) is 6.54. The largest absolute Gasteiger partial charge is 0.472 e. The van der Waals surface area contributed by atoms with Gasteiger partial charge in [0, 0.05) is 12.8 Å². The standard InChI is InChI=1S/C50H86NO8P/c1-6-8-10-12-14-16-18-20-22-24-25-27-28-30-32-34-36-38-40-42-49(52)56-46-48(47-58-60(54,55)57-45-44-51(3,4)5)59-50(53)43-41-39-37-35-33-31-29-26-23-21-19-17-15-13-11-9-7-2/h8,10,14,16-17,19-20,22,25,27,30,32,36,38,48H,6-7,9,11-13,15,18,21,23-24,26,28-29,31,33-35,37,39-47H2,1-5H3/p+1/b10-8+,16-14+,19-17+,22-20+,27-25+,32-30+,38-36+/t48-/m1/s1. The summed E-state index contributed by atoms with van der Waals surface area (Å²) < 4.78 is 34.3. The van der Waals surface area contributed by atoms with Gasteiger partial charge in [-0.15, -0.1) is 0 Å². The maximum absolute atomic E-state index is 12.7. The van der Waals surface area contributed by atoms with Crippen molar-refractivity contribution in [2.24, 2.45) is 0 Å². The molecule has 0 saturated heterocycles. The Bertz CT molecular complexity index is 1290. The van der Waals surface area contributed by atoms with Crippen LogP contribution in [-0.4, -0.2) is 74.9 Å². The molecule has 0 saturated carbocycles. The Balaban J connectivity index is 4.46. The van der Waals surface area contributed by atoms with E-state index in [1.807, 2.05) is 33.3 Å². The number of quaternary nitrogens is 1. The average molecular weight is 861 g/mol. The molecule has 1 unspecified atom stereocenters. The first kappa shape index (κ1) is 57.2. The number of ether oxygens (including phenoxy) is 2. The van der Waals surface area contributed by atoms with Gasteiger partial charge in [0.2, 0.25) is 0 Å². The van der Waals surface area contributed by atoms with Gasteiger partial charge in [0.05, 0.1) is 27.7 Å². The van der Waals surface area contributed by atoms with Gasteiger partial charge in [-0.2, -0.15) is 0 Å². The molecule has 2 atom stereocenters. The fraction of sp³-hybridized carbons (Fsp3) is 0.680. The van der Waals surface area contributed by atoms with Crippen LogP contribution in [-0.2, 0) is 32.7 Å². The number of hydrogen-bond acceptors (Lipinski definition) is 7. The molecule has 0 rings (SSSR count). The van der Waals surface area contributed by atoms with Crippen LogP contribution >= 0.6 is 7.82 Å². The Morgan fingerprint density at radius 1 is 0.533 bits per heavy atom. The highest BCUT2D eigenvalue weighted by atomic mass is 31.2. The molecular weight excluding hydrogens is 774 g/mol. The number of likely N-dealkylation sites (N-methyl/N-ethyl adjacent to an activating group) is 1. The summed E-state index contributed by atoms with van der Waals surface area (Å²) in [6, 6.07) is 0. The number of unbranched alkanes of at least 4 members (excludes halogenated alkanes) is 13. The van der Waals surface area contributed by atoms with E-state index in [0.717, 1.165) is 57.8 Å². The van der Waals surface area contributed by atoms with E-state index in [1.165, 1.54) is 70.6 Å². The van der Waals surface area contributed by atoms with Crippen molar-refractivity contribution < 1.29 is 42.1 Å². The lowest BCUT2D eigenvalue weighted by Gasteiger charge is -2.24. The molecule has 0 aromatic heterocycles. The van der Waals surface area contributed by atoms with Crippen molar-refractivity contribution in [3.05, 3.63) is 85.1 Å². The van der Waals surface area contributed by atoms with E-state index in [9.17, 15) is 19.0 Å². The molecule has 0 radical (unpaired) electrons. The second kappa shape index (κ2) is 41.5. The molecule has 9 nitrogen and oxygen atoms in total. The zero-order valence-electron chi connectivity index (χ0n) is 38.7. The first-order valence-electron chi connectivity index (χ1n) is 23.3. The summed E-state index contributed by atoms with van der Waals surface area (Å²) in [4.78, 5) is 35.4. The number of rotatable bonds is 41. The Morgan fingerprint density at radius 2 is 0.983 bits per heavy atom. The molecule has 0 amide bonds. The van der Waals surface area contributed by atoms with Gasteiger partial charge in [-0.25, -0.2) is 4.57 Å². The van der Waals surface area contributed by atoms with Crippen LogP contribution in [0.1, 0.15) is 168 Å². The van der Waals surface area contributed by atoms with Gasteiger partial charge in [-0.1, -0.05) is 163 Å². The second-order valence-electron chi connectivity index (χ2n) is 16.4. The van der Waals surface area contributed by atoms with E-state index in [0.29, 0.717) is 23.9 Å². The lowest BCUT2D eigenvalue weighted by molar-refractivity contribution is -0.870. The number of esters is 2. The minimum atomic E-state index is -4.40. The van der Waals surface area contributed by atoms with Gasteiger partial charge in [-0.05, 0) is 77.0 Å². The molecular formula is C50H87NO8P+. The number of hydrogen-bond donors (Lipinski definition) is 1. The molecule has 0 aromatic rings. The van der Waals surface area contributed by atoms with Crippen molar-refractivity contribution in [1.82, 2.24) is 0 Å². The second-order valence-corrected chi connectivity index (χ2v) is 17.9. The van der Waals surface area contributed by atoms with Gasteiger partial charge in [0.15, 0.2) is 6.10 Å². The minimum absolute atomic E-state index is 0.0161. The predicted molar refractivity (Wildman–Crippen MR) is 252 cm³/mol. The average Bonchev–Trinajstić information content (AvgIpc) is 3.20. The molecule has 0 aliphatic carbocycles. The van der Waals surface area contributed by atoms with Gasteiger partial charge < -0.3 is 18.9 Å². The molecule has 0 bridgehead atoms. The zero-order chi connectivity index (χ0) is 44.3. The zero-order valence-corrected chi connectivity index (χ0v) is 39.6. The van der Waals surface area contributed by atoms with Crippen molar-refractivity contribution in [2.45, 2.75) is 174 Å². The molecule has 344 valence electrons. The van der Waals surface area contributed by atoms with E-state index in [1.54, 1.807) is 0 Å². The molecule has 0 heterocycles. The molecule has 10 heteroatoms. The summed E-state index contributed by atoms with van der Waals surface area (Å²) in [5, 5.41) is 0. The number of carbonyl (C=O) groups excluding carboxylic acids is 2. The highest BCUT2D eigenvalue weighted by Crippen LogP contribution is 2.43. The van der Waals surface area contributed by atoms with Crippen LogP contribution in [0.3, 0.4) is 0 Å². The predicted octanol–water partition coefficient (Wildman–Crippen LogP) is 13.6. The molecule has 1 N–H and O–H groups in total. The van der Waals surface area contributed by atoms with Gasteiger partial charge in [0.1, 0.15) is 19.8 Å². The van der Waals surface area contributed by atoms with Crippen LogP contribution < -0.4 is 0 Å². The van der Waals surface area contributed by atoms with E-state index in [2.05, 4.69) is 86.8 Å². The normalized spacial score (nSPS) is 14.3. The maximum Gasteiger partial charge on any atom is 0.472 e. The summed E-state index contributed by atoms with van der Waals surface area (Å²) in [5.74, 6) is -0.904. The third-order valence-corrected chi connectivity index (χ3v) is 10.4. The minimum Gasteiger partial charge on any atom is -0.462 e. The maximum atomic E-state index is 12.7. The number of nitrogens with zero attached hydrogens (tertiary/aromatic N) is 1. The highest BCUT2D eigenvalue weighted by Gasteiger charge is 2.27. The first-order valence-corrected chi connectivity index (χ1v) is 24.8. The van der Waals surface area contributed by atoms with Crippen LogP contribution in [0.5, 0.6) is 0 Å². The van der Waals surface area contributed by atoms with Crippen molar-refractivity contribution >= 4 is 19.8 Å². The summed E-state index contributed by atoms with van der Waals surface area (Å²) >= 11 is 0. The first-order chi connectivity index (χ1) is 29.0. The van der Waals surface area contributed by atoms with Crippen molar-refractivity contribution in [2.75, 3.05) is 47.5 Å². The Labute approximate surface area is 367 Å². The molecule has 0 aromatic carbocycles. The Morgan fingerprint density at radius 3 is 1.48 bits per heavy atom. The number of carbonyl (C=O) groups is 2. The van der Waals surface area contributed by atoms with Gasteiger partial charge in [0.25, 0.3) is 0 Å². The monoisotopic (exact) mass is 861 g/mol. The molecule has 0 aliphatic rings. The van der Waals surface area contributed by atoms with Gasteiger partial charge >= 0.3 is 19.8 Å². The van der Waals surface area contributed by atoms with E-state index in [4.69, 9.17) is 18.5 Å². The van der Waals surface area contributed by atoms with Crippen LogP contribution in [0.25, 0.3) is 0 Å². The summed E-state index contributed by atoms with van der Waals surface area (Å²) in [6.07, 6.45) is 53.6. The molecule has 60 heavy (non-hydrogen) atoms. The molecule has 0 spiro atoms. The third-order valence-electron chi connectivity index (χ3n) is 9.42. The summed E-state index contributed by atoms with van der Waals surface area (Å²) in [5.41, 5.74) is 0. The fourth-order valence-electron chi connectivity index (χ4n) is 5.80. The number of allylic oxidation sites excluding steroid dienone is 14. The topological polar surface area (TPSA) is 108 Å². The van der Waals surface area contributed by atoms with E-state index < -0.39 is 32.5 Å². The quantitative estimate of drug-likeness (QED) is 0.0213. The smallest absolute Gasteiger partial charge is 0.462 e. The lowest BCUT2D eigenvalue weighted by atomic mass is 10.1. The number of phosphoric acid groups is 1. The Hall–Kier alpha value is -2.81. The van der Waals surface area contributed by atoms with Crippen molar-refractivity contribution in [1.29, 1.82) is 0 Å². The van der Waals surface area contributed by atoms with Crippen molar-refractivity contribution in [3.8, 4) is 0 Å². The van der Waals surface area contributed by atoms with Crippen LogP contribution in [0.2, 0.25) is 0 Å². The summed E-state index contributed by atoms with van der Waals surface area (Å²) in [7, 11) is 1.42. The van der Waals surface area contributed by atoms with Crippen LogP contribution in [0, 0.1) is 0 Å². The van der Waals surface area contributed by atoms with E-state index in [-0.39, 0.29) is 26.1 Å².